The Kier molecular flexibility index (Phi) is 3.73. The normalized spacial score (nSPS) is 24.3. The molecule has 2 unspecified atom stereocenters. The van der Waals surface area contributed by atoms with Gasteiger partial charge in [-0.1, -0.05) is 25.1 Å². The van der Waals surface area contributed by atoms with Crippen molar-refractivity contribution in [3.63, 3.8) is 0 Å². The number of benzene rings is 1. The Bertz CT molecular complexity index is 980. The fourth-order valence-corrected chi connectivity index (χ4v) is 4.49. The first kappa shape index (κ1) is 16.6. The summed E-state index contributed by atoms with van der Waals surface area (Å²) in [6.07, 6.45) is 4.09. The van der Waals surface area contributed by atoms with Crippen LogP contribution in [0.15, 0.2) is 35.9 Å². The molecular weight excluding hydrogens is 326 g/mol. The Balaban J connectivity index is 1.90. The molecule has 0 saturated heterocycles. The number of aromatic nitrogens is 2. The molecule has 0 aliphatic heterocycles. The van der Waals surface area contributed by atoms with Crippen LogP contribution in [0.5, 0.6) is 5.75 Å². The number of aryl methyl sites for hydroxylation is 1. The summed E-state index contributed by atoms with van der Waals surface area (Å²) in [7, 11) is 3.62. The van der Waals surface area contributed by atoms with Gasteiger partial charge in [0.25, 0.3) is 0 Å². The minimum atomic E-state index is -0.374. The van der Waals surface area contributed by atoms with Crippen LogP contribution in [0.2, 0.25) is 0 Å². The van der Waals surface area contributed by atoms with E-state index in [1.807, 2.05) is 36.0 Å². The fourth-order valence-electron chi connectivity index (χ4n) is 4.49. The number of Topliss-reactive ketones (excluding diaryl/α,β-unsaturated/α-hetero) is 1. The summed E-state index contributed by atoms with van der Waals surface area (Å²) in [5, 5.41) is 14.2. The van der Waals surface area contributed by atoms with Crippen molar-refractivity contribution in [2.75, 3.05) is 7.11 Å². The number of methoxy groups -OCH3 is 1. The van der Waals surface area contributed by atoms with Gasteiger partial charge >= 0.3 is 0 Å². The minimum absolute atomic E-state index is 0.0395. The van der Waals surface area contributed by atoms with Gasteiger partial charge in [0.1, 0.15) is 11.8 Å². The molecule has 0 amide bonds. The summed E-state index contributed by atoms with van der Waals surface area (Å²) in [5.41, 5.74) is 4.25. The zero-order valence-electron chi connectivity index (χ0n) is 15.2. The van der Waals surface area contributed by atoms with Gasteiger partial charge in [-0.05, 0) is 30.9 Å². The van der Waals surface area contributed by atoms with Gasteiger partial charge in [-0.25, -0.2) is 0 Å². The van der Waals surface area contributed by atoms with Crippen molar-refractivity contribution in [3.05, 3.63) is 47.2 Å². The third-order valence-corrected chi connectivity index (χ3v) is 5.89. The van der Waals surface area contributed by atoms with Crippen LogP contribution in [-0.4, -0.2) is 22.7 Å². The van der Waals surface area contributed by atoms with Crippen LogP contribution >= 0.6 is 0 Å². The molecule has 4 rings (SSSR count). The quantitative estimate of drug-likeness (QED) is 0.835. The second-order valence-electron chi connectivity index (χ2n) is 7.35. The van der Waals surface area contributed by atoms with Gasteiger partial charge in [0, 0.05) is 30.0 Å². The Labute approximate surface area is 152 Å². The summed E-state index contributed by atoms with van der Waals surface area (Å²) in [6, 6.07) is 10.1. The van der Waals surface area contributed by atoms with Gasteiger partial charge < -0.3 is 4.74 Å². The number of hydrogen-bond acceptors (Lipinski definition) is 4. The molecule has 1 aromatic heterocycles. The van der Waals surface area contributed by atoms with Crippen molar-refractivity contribution < 1.29 is 9.53 Å². The average molecular weight is 347 g/mol. The minimum Gasteiger partial charge on any atom is -0.497 e. The standard InChI is InChI=1S/C21H21N3O2/c1-21-11-14(12-22)18(25)10-15(21)7-8-17-19(24(2)23-20(17)21)13-5-4-6-16(9-13)26-3/h4-6,9,11,15H,7-8,10H2,1-3H3. The molecule has 0 spiro atoms. The van der Waals surface area contributed by atoms with Crippen LogP contribution in [0, 0.1) is 17.2 Å². The van der Waals surface area contributed by atoms with E-state index in [4.69, 9.17) is 9.84 Å². The number of fused-ring (bicyclic) bond motifs is 3. The van der Waals surface area contributed by atoms with E-state index in [1.54, 1.807) is 7.11 Å². The second-order valence-corrected chi connectivity index (χ2v) is 7.35. The first-order valence-corrected chi connectivity index (χ1v) is 8.85. The number of ketones is 1. The average Bonchev–Trinajstić information content (AvgIpc) is 2.99. The van der Waals surface area contributed by atoms with E-state index in [-0.39, 0.29) is 22.7 Å². The summed E-state index contributed by atoms with van der Waals surface area (Å²) < 4.78 is 7.29. The van der Waals surface area contributed by atoms with Gasteiger partial charge in [-0.15, -0.1) is 0 Å². The molecule has 1 heterocycles. The third-order valence-electron chi connectivity index (χ3n) is 5.89. The number of rotatable bonds is 2. The smallest absolute Gasteiger partial charge is 0.173 e. The Morgan fingerprint density at radius 3 is 2.96 bits per heavy atom. The van der Waals surface area contributed by atoms with Crippen molar-refractivity contribution in [1.82, 2.24) is 9.78 Å². The fraction of sp³-hybridized carbons (Fsp3) is 0.381. The van der Waals surface area contributed by atoms with Crippen molar-refractivity contribution in [3.8, 4) is 23.1 Å². The topological polar surface area (TPSA) is 67.9 Å². The lowest BCUT2D eigenvalue weighted by atomic mass is 9.61. The molecule has 0 saturated carbocycles. The molecule has 2 atom stereocenters. The van der Waals surface area contributed by atoms with Crippen LogP contribution in [0.25, 0.3) is 11.3 Å². The molecule has 2 aromatic rings. The number of nitriles is 1. The number of allylic oxidation sites excluding steroid dienone is 2. The highest BCUT2D eigenvalue weighted by Gasteiger charge is 2.46. The van der Waals surface area contributed by atoms with Crippen LogP contribution in [0.1, 0.15) is 31.0 Å². The number of carbonyl (C=O) groups excluding carboxylic acids is 1. The first-order chi connectivity index (χ1) is 12.5. The summed E-state index contributed by atoms with van der Waals surface area (Å²) >= 11 is 0. The third kappa shape index (κ3) is 2.29. The zero-order valence-corrected chi connectivity index (χ0v) is 15.2. The molecule has 0 N–H and O–H groups in total. The lowest BCUT2D eigenvalue weighted by Crippen LogP contribution is -2.40. The Hall–Kier alpha value is -2.87. The van der Waals surface area contributed by atoms with E-state index in [0.29, 0.717) is 6.42 Å². The molecule has 26 heavy (non-hydrogen) atoms. The number of nitrogens with zero attached hydrogens (tertiary/aromatic N) is 3. The molecule has 0 bridgehead atoms. The van der Waals surface area contributed by atoms with Crippen LogP contribution in [-0.2, 0) is 23.7 Å². The molecule has 2 aliphatic carbocycles. The predicted molar refractivity (Wildman–Crippen MR) is 97.7 cm³/mol. The van der Waals surface area contributed by atoms with Crippen LogP contribution in [0.4, 0.5) is 0 Å². The van der Waals surface area contributed by atoms with Crippen LogP contribution in [0.3, 0.4) is 0 Å². The van der Waals surface area contributed by atoms with E-state index >= 15 is 0 Å². The van der Waals surface area contributed by atoms with Gasteiger partial charge in [0.15, 0.2) is 5.78 Å². The van der Waals surface area contributed by atoms with E-state index in [9.17, 15) is 10.1 Å². The molecule has 1 aromatic carbocycles. The summed E-state index contributed by atoms with van der Waals surface area (Å²) in [6.45, 7) is 2.11. The van der Waals surface area contributed by atoms with Gasteiger partial charge in [-0.3, -0.25) is 9.48 Å². The van der Waals surface area contributed by atoms with Gasteiger partial charge in [0.2, 0.25) is 0 Å². The summed E-state index contributed by atoms with van der Waals surface area (Å²) in [4.78, 5) is 12.2. The number of carbonyl (C=O) groups is 1. The monoisotopic (exact) mass is 347 g/mol. The lowest BCUT2D eigenvalue weighted by Gasteiger charge is -2.40. The van der Waals surface area contributed by atoms with E-state index < -0.39 is 0 Å². The molecule has 2 aliphatic rings. The van der Waals surface area contributed by atoms with Crippen molar-refractivity contribution in [2.45, 2.75) is 31.6 Å². The second kappa shape index (κ2) is 5.84. The van der Waals surface area contributed by atoms with Crippen molar-refractivity contribution in [2.24, 2.45) is 13.0 Å². The zero-order chi connectivity index (χ0) is 18.5. The number of ether oxygens (including phenoxy) is 1. The molecule has 0 radical (unpaired) electrons. The highest BCUT2D eigenvalue weighted by Crippen LogP contribution is 2.49. The summed E-state index contributed by atoms with van der Waals surface area (Å²) in [5.74, 6) is 0.974. The Morgan fingerprint density at radius 1 is 1.42 bits per heavy atom. The Morgan fingerprint density at radius 2 is 2.23 bits per heavy atom. The van der Waals surface area contributed by atoms with Gasteiger partial charge in [-0.2, -0.15) is 10.4 Å². The van der Waals surface area contributed by atoms with E-state index in [1.165, 1.54) is 5.56 Å². The SMILES string of the molecule is COc1cccc(-c2c3c(nn2C)C2(C)C=C(C#N)C(=O)CC2CC3)c1. The molecule has 0 fully saturated rings. The van der Waals surface area contributed by atoms with Crippen LogP contribution < -0.4 is 4.74 Å². The molecular formula is C21H21N3O2. The van der Waals surface area contributed by atoms with Gasteiger partial charge in [0.05, 0.1) is 24.1 Å². The maximum Gasteiger partial charge on any atom is 0.173 e. The predicted octanol–water partition coefficient (Wildman–Crippen LogP) is 3.34. The molecule has 132 valence electrons. The van der Waals surface area contributed by atoms with Crippen molar-refractivity contribution >= 4 is 5.78 Å². The number of hydrogen-bond donors (Lipinski definition) is 0. The largest absolute Gasteiger partial charge is 0.497 e. The highest BCUT2D eigenvalue weighted by atomic mass is 16.5. The lowest BCUT2D eigenvalue weighted by molar-refractivity contribution is -0.117. The maximum absolute atomic E-state index is 12.2. The maximum atomic E-state index is 12.2. The van der Waals surface area contributed by atoms with E-state index in [0.717, 1.165) is 35.5 Å². The first-order valence-electron chi connectivity index (χ1n) is 8.85. The molecule has 5 nitrogen and oxygen atoms in total. The van der Waals surface area contributed by atoms with E-state index in [2.05, 4.69) is 19.1 Å². The van der Waals surface area contributed by atoms with Crippen molar-refractivity contribution in [1.29, 1.82) is 5.26 Å². The molecule has 5 heteroatoms. The highest BCUT2D eigenvalue weighted by molar-refractivity contribution is 6.00.